The molecule has 1 heterocycles. The Hall–Kier alpha value is -0.710. The lowest BCUT2D eigenvalue weighted by molar-refractivity contribution is 0.577. The lowest BCUT2D eigenvalue weighted by atomic mass is 10.1. The summed E-state index contributed by atoms with van der Waals surface area (Å²) in [6.07, 6.45) is 0. The molecule has 0 aliphatic carbocycles. The van der Waals surface area contributed by atoms with Crippen LogP contribution in [-0.2, 0) is 6.54 Å². The molecule has 0 aliphatic rings. The fraction of sp³-hybridized carbons (Fsp3) is 0.357. The van der Waals surface area contributed by atoms with Gasteiger partial charge in [0.1, 0.15) is 0 Å². The predicted molar refractivity (Wildman–Crippen MR) is 81.0 cm³/mol. The molecule has 0 amide bonds. The van der Waals surface area contributed by atoms with Crippen molar-refractivity contribution in [1.82, 2.24) is 10.3 Å². The molecular formula is C14H17BrN2S. The molecule has 0 bridgehead atoms. The van der Waals surface area contributed by atoms with Gasteiger partial charge in [0.25, 0.3) is 0 Å². The lowest BCUT2D eigenvalue weighted by Crippen LogP contribution is -2.17. The van der Waals surface area contributed by atoms with Gasteiger partial charge in [-0.3, -0.25) is 0 Å². The number of benzene rings is 1. The Bertz CT molecular complexity index is 519. The predicted octanol–water partition coefficient (Wildman–Crippen LogP) is 4.37. The van der Waals surface area contributed by atoms with Crippen molar-refractivity contribution in [2.75, 3.05) is 0 Å². The molecule has 0 saturated carbocycles. The highest BCUT2D eigenvalue weighted by Gasteiger charge is 2.08. The van der Waals surface area contributed by atoms with E-state index in [9.17, 15) is 0 Å². The van der Waals surface area contributed by atoms with Crippen LogP contribution in [0.3, 0.4) is 0 Å². The number of hydrogen-bond acceptors (Lipinski definition) is 3. The maximum absolute atomic E-state index is 4.45. The van der Waals surface area contributed by atoms with E-state index in [0.29, 0.717) is 6.04 Å². The lowest BCUT2D eigenvalue weighted by Gasteiger charge is -2.13. The number of thiazole rings is 1. The summed E-state index contributed by atoms with van der Waals surface area (Å²) in [5, 5.41) is 4.68. The summed E-state index contributed by atoms with van der Waals surface area (Å²) in [5.74, 6) is 0. The van der Waals surface area contributed by atoms with Gasteiger partial charge >= 0.3 is 0 Å². The van der Waals surface area contributed by atoms with Crippen molar-refractivity contribution in [3.05, 3.63) is 49.9 Å². The number of nitrogens with one attached hydrogen (secondary N) is 1. The van der Waals surface area contributed by atoms with Crippen LogP contribution in [0.15, 0.2) is 28.7 Å². The number of nitrogens with zero attached hydrogens (tertiary/aromatic N) is 1. The van der Waals surface area contributed by atoms with Crippen molar-refractivity contribution >= 4 is 27.3 Å². The first-order valence-corrected chi connectivity index (χ1v) is 7.59. The van der Waals surface area contributed by atoms with Crippen LogP contribution in [0.4, 0.5) is 0 Å². The van der Waals surface area contributed by atoms with Crippen LogP contribution in [0.25, 0.3) is 0 Å². The average molecular weight is 325 g/mol. The Morgan fingerprint density at radius 2 is 1.94 bits per heavy atom. The van der Waals surface area contributed by atoms with Gasteiger partial charge in [-0.25, -0.2) is 4.98 Å². The van der Waals surface area contributed by atoms with Crippen molar-refractivity contribution < 1.29 is 0 Å². The molecule has 1 aromatic carbocycles. The van der Waals surface area contributed by atoms with Crippen molar-refractivity contribution in [2.45, 2.75) is 33.4 Å². The summed E-state index contributed by atoms with van der Waals surface area (Å²) in [7, 11) is 0. The number of halogens is 1. The third-order valence-electron chi connectivity index (χ3n) is 2.94. The van der Waals surface area contributed by atoms with Gasteiger partial charge < -0.3 is 5.32 Å². The van der Waals surface area contributed by atoms with Crippen LogP contribution in [0.5, 0.6) is 0 Å². The van der Waals surface area contributed by atoms with E-state index in [-0.39, 0.29) is 0 Å². The van der Waals surface area contributed by atoms with E-state index < -0.39 is 0 Å². The van der Waals surface area contributed by atoms with Gasteiger partial charge in [0.15, 0.2) is 0 Å². The average Bonchev–Trinajstić information content (AvgIpc) is 2.66. The fourth-order valence-electron chi connectivity index (χ4n) is 1.85. The zero-order valence-corrected chi connectivity index (χ0v) is 13.2. The molecule has 1 unspecified atom stereocenters. The molecule has 2 nitrogen and oxygen atoms in total. The molecule has 18 heavy (non-hydrogen) atoms. The minimum atomic E-state index is 0.347. The second-order valence-electron chi connectivity index (χ2n) is 4.40. The molecule has 4 heteroatoms. The maximum Gasteiger partial charge on any atom is 0.0900 e. The van der Waals surface area contributed by atoms with E-state index in [1.807, 2.05) is 0 Å². The quantitative estimate of drug-likeness (QED) is 0.903. The summed E-state index contributed by atoms with van der Waals surface area (Å²) in [6, 6.07) is 8.80. The highest BCUT2D eigenvalue weighted by molar-refractivity contribution is 9.10. The molecule has 0 fully saturated rings. The third kappa shape index (κ3) is 3.40. The summed E-state index contributed by atoms with van der Waals surface area (Å²) < 4.78 is 1.12. The summed E-state index contributed by atoms with van der Waals surface area (Å²) >= 11 is 5.23. The fourth-order valence-corrected chi connectivity index (χ4v) is 3.00. The van der Waals surface area contributed by atoms with Gasteiger partial charge in [-0.2, -0.15) is 0 Å². The topological polar surface area (TPSA) is 24.9 Å². The first-order valence-electron chi connectivity index (χ1n) is 5.98. The SMILES string of the molecule is Cc1nc(C)c(CNC(C)c2ccc(Br)cc2)s1. The molecule has 1 N–H and O–H groups in total. The maximum atomic E-state index is 4.45. The molecule has 2 rings (SSSR count). The van der Waals surface area contributed by atoms with E-state index in [2.05, 4.69) is 71.3 Å². The van der Waals surface area contributed by atoms with Crippen LogP contribution < -0.4 is 5.32 Å². The first-order chi connectivity index (χ1) is 8.56. The normalized spacial score (nSPS) is 12.7. The van der Waals surface area contributed by atoms with E-state index in [4.69, 9.17) is 0 Å². The smallest absolute Gasteiger partial charge is 0.0900 e. The van der Waals surface area contributed by atoms with Gasteiger partial charge in [0.05, 0.1) is 10.7 Å². The third-order valence-corrected chi connectivity index (χ3v) is 4.54. The van der Waals surface area contributed by atoms with Crippen molar-refractivity contribution in [2.24, 2.45) is 0 Å². The molecule has 2 aromatic rings. The van der Waals surface area contributed by atoms with Crippen molar-refractivity contribution in [3.63, 3.8) is 0 Å². The zero-order valence-electron chi connectivity index (χ0n) is 10.8. The zero-order chi connectivity index (χ0) is 13.1. The molecule has 0 radical (unpaired) electrons. The summed E-state index contributed by atoms with van der Waals surface area (Å²) in [6.45, 7) is 7.20. The number of aromatic nitrogens is 1. The van der Waals surface area contributed by atoms with Crippen LogP contribution in [0.1, 0.15) is 34.1 Å². The largest absolute Gasteiger partial charge is 0.305 e. The molecular weight excluding hydrogens is 308 g/mol. The van der Waals surface area contributed by atoms with Crippen molar-refractivity contribution in [1.29, 1.82) is 0 Å². The first kappa shape index (κ1) is 13.7. The molecule has 0 aliphatic heterocycles. The number of rotatable bonds is 4. The molecule has 0 spiro atoms. The van der Waals surface area contributed by atoms with Crippen LogP contribution in [-0.4, -0.2) is 4.98 Å². The van der Waals surface area contributed by atoms with Crippen LogP contribution >= 0.6 is 27.3 Å². The van der Waals surface area contributed by atoms with Gasteiger partial charge in [-0.05, 0) is 38.5 Å². The van der Waals surface area contributed by atoms with Gasteiger partial charge in [0.2, 0.25) is 0 Å². The molecule has 0 saturated heterocycles. The minimum Gasteiger partial charge on any atom is -0.305 e. The molecule has 1 atom stereocenters. The van der Waals surface area contributed by atoms with E-state index in [0.717, 1.165) is 21.7 Å². The summed E-state index contributed by atoms with van der Waals surface area (Å²) in [5.41, 5.74) is 2.45. The van der Waals surface area contributed by atoms with Crippen LogP contribution in [0.2, 0.25) is 0 Å². The van der Waals surface area contributed by atoms with E-state index >= 15 is 0 Å². The Morgan fingerprint density at radius 1 is 1.28 bits per heavy atom. The highest BCUT2D eigenvalue weighted by atomic mass is 79.9. The molecule has 96 valence electrons. The number of aryl methyl sites for hydroxylation is 2. The monoisotopic (exact) mass is 324 g/mol. The Morgan fingerprint density at radius 3 is 2.50 bits per heavy atom. The molecule has 1 aromatic heterocycles. The Labute approximate surface area is 121 Å². The second kappa shape index (κ2) is 5.95. The van der Waals surface area contributed by atoms with Gasteiger partial charge in [0, 0.05) is 21.9 Å². The van der Waals surface area contributed by atoms with Gasteiger partial charge in [-0.1, -0.05) is 28.1 Å². The highest BCUT2D eigenvalue weighted by Crippen LogP contribution is 2.20. The van der Waals surface area contributed by atoms with Crippen LogP contribution in [0, 0.1) is 13.8 Å². The van der Waals surface area contributed by atoms with Crippen molar-refractivity contribution in [3.8, 4) is 0 Å². The summed E-state index contributed by atoms with van der Waals surface area (Å²) in [4.78, 5) is 5.78. The van der Waals surface area contributed by atoms with Gasteiger partial charge in [-0.15, -0.1) is 11.3 Å². The second-order valence-corrected chi connectivity index (χ2v) is 6.60. The van der Waals surface area contributed by atoms with E-state index in [1.165, 1.54) is 10.4 Å². The minimum absolute atomic E-state index is 0.347. The number of hydrogen-bond donors (Lipinski definition) is 1. The standard InChI is InChI=1S/C14H17BrN2S/c1-9(12-4-6-13(15)7-5-12)16-8-14-10(2)17-11(3)18-14/h4-7,9,16H,8H2,1-3H3. The Balaban J connectivity index is 1.98. The Kier molecular flexibility index (Phi) is 4.54. The van der Waals surface area contributed by atoms with E-state index in [1.54, 1.807) is 11.3 Å².